The summed E-state index contributed by atoms with van der Waals surface area (Å²) in [4.78, 5) is 72.5. The van der Waals surface area contributed by atoms with Gasteiger partial charge in [-0.1, -0.05) is 0 Å². The molecule has 0 radical (unpaired) electrons. The highest BCUT2D eigenvalue weighted by Gasteiger charge is 2.70. The van der Waals surface area contributed by atoms with Crippen LogP contribution in [0.4, 0.5) is 9.59 Å². The molecule has 32 heavy (non-hydrogen) atoms. The van der Waals surface area contributed by atoms with Gasteiger partial charge in [0.15, 0.2) is 30.6 Å². The molecule has 0 aromatic carbocycles. The summed E-state index contributed by atoms with van der Waals surface area (Å²) in [7, 11) is 0. The molecule has 8 unspecified atom stereocenters. The van der Waals surface area contributed by atoms with Crippen LogP contribution in [0.5, 0.6) is 0 Å². The van der Waals surface area contributed by atoms with Crippen LogP contribution in [0.1, 0.15) is 20.8 Å². The Bertz CT molecular complexity index is 889. The SMILES string of the molecule is CC(=O)OCC1OC(N2C(=O)NC(=O)C3C4OC(=O)OC4C32)C(OC(C)=O)C1OC(C)=O. The van der Waals surface area contributed by atoms with Crippen LogP contribution in [-0.2, 0) is 47.6 Å². The number of nitrogens with one attached hydrogen (secondary N) is 1. The van der Waals surface area contributed by atoms with Gasteiger partial charge in [0.25, 0.3) is 0 Å². The Morgan fingerprint density at radius 2 is 1.56 bits per heavy atom. The third-order valence-electron chi connectivity index (χ3n) is 5.55. The molecular weight excluding hydrogens is 436 g/mol. The van der Waals surface area contributed by atoms with Crippen molar-refractivity contribution in [3.05, 3.63) is 0 Å². The van der Waals surface area contributed by atoms with E-state index in [0.717, 1.165) is 25.7 Å². The third kappa shape index (κ3) is 3.59. The standard InChI is InChI=1S/C18H20N2O12/c1-5(21)27-4-8-11(28-6(2)22)14(29-7(3)23)16(30-8)20-10-9(15(24)19-17(20)25)12-13(10)32-18(26)31-12/h8-14,16H,4H2,1-3H3,(H,19,24,25). The molecule has 3 amide bonds. The minimum Gasteiger partial charge on any atom is -0.463 e. The molecule has 0 spiro atoms. The molecule has 14 heteroatoms. The van der Waals surface area contributed by atoms with Crippen LogP contribution in [-0.4, -0.2) is 90.3 Å². The molecule has 3 heterocycles. The maximum Gasteiger partial charge on any atom is 0.509 e. The van der Waals surface area contributed by atoms with Crippen LogP contribution in [0.2, 0.25) is 0 Å². The number of carbonyl (C=O) groups is 6. The monoisotopic (exact) mass is 456 g/mol. The van der Waals surface area contributed by atoms with Crippen LogP contribution in [0, 0.1) is 5.92 Å². The average Bonchev–Trinajstić information content (AvgIpc) is 3.15. The molecule has 3 aliphatic heterocycles. The Labute approximate surface area is 180 Å². The van der Waals surface area contributed by atoms with Crippen LogP contribution < -0.4 is 5.32 Å². The van der Waals surface area contributed by atoms with Gasteiger partial charge >= 0.3 is 30.1 Å². The zero-order valence-corrected chi connectivity index (χ0v) is 17.2. The number of esters is 3. The topological polar surface area (TPSA) is 173 Å². The highest BCUT2D eigenvalue weighted by molar-refractivity contribution is 6.00. The lowest BCUT2D eigenvalue weighted by Crippen LogP contribution is -2.77. The smallest absolute Gasteiger partial charge is 0.463 e. The summed E-state index contributed by atoms with van der Waals surface area (Å²) in [6.07, 6.45) is -7.83. The minimum atomic E-state index is -1.36. The molecule has 0 aromatic heterocycles. The van der Waals surface area contributed by atoms with Crippen LogP contribution >= 0.6 is 0 Å². The first kappa shape index (κ1) is 21.8. The van der Waals surface area contributed by atoms with Gasteiger partial charge in [-0.05, 0) is 0 Å². The maximum atomic E-state index is 12.8. The molecule has 4 aliphatic rings. The Morgan fingerprint density at radius 1 is 0.938 bits per heavy atom. The first-order valence-electron chi connectivity index (χ1n) is 9.72. The van der Waals surface area contributed by atoms with E-state index in [1.165, 1.54) is 0 Å². The number of nitrogens with zero attached hydrogens (tertiary/aromatic N) is 1. The molecule has 8 atom stereocenters. The number of amides is 3. The zero-order chi connectivity index (χ0) is 23.3. The molecule has 3 saturated heterocycles. The predicted octanol–water partition coefficient (Wildman–Crippen LogP) is -1.41. The van der Waals surface area contributed by atoms with Gasteiger partial charge in [-0.25, -0.2) is 9.59 Å². The van der Waals surface area contributed by atoms with Crippen molar-refractivity contribution in [1.82, 2.24) is 10.2 Å². The maximum absolute atomic E-state index is 12.8. The van der Waals surface area contributed by atoms with Crippen LogP contribution in [0.3, 0.4) is 0 Å². The van der Waals surface area contributed by atoms with Gasteiger partial charge in [0.05, 0.1) is 6.04 Å². The third-order valence-corrected chi connectivity index (χ3v) is 5.55. The first-order chi connectivity index (χ1) is 15.1. The number of hydrogen-bond donors (Lipinski definition) is 1. The fraction of sp³-hybridized carbons (Fsp3) is 0.667. The quantitative estimate of drug-likeness (QED) is 0.379. The van der Waals surface area contributed by atoms with E-state index >= 15 is 0 Å². The van der Waals surface area contributed by atoms with Gasteiger partial charge in [-0.2, -0.15) is 0 Å². The lowest BCUT2D eigenvalue weighted by molar-refractivity contribution is -0.187. The Kier molecular flexibility index (Phi) is 5.40. The number of ether oxygens (including phenoxy) is 6. The van der Waals surface area contributed by atoms with Crippen molar-refractivity contribution < 1.29 is 57.2 Å². The van der Waals surface area contributed by atoms with E-state index in [1.807, 2.05) is 0 Å². The summed E-state index contributed by atoms with van der Waals surface area (Å²) in [5.41, 5.74) is 0. The van der Waals surface area contributed by atoms with E-state index in [2.05, 4.69) is 5.32 Å². The van der Waals surface area contributed by atoms with Gasteiger partial charge in [-0.3, -0.25) is 29.4 Å². The van der Waals surface area contributed by atoms with E-state index in [-0.39, 0.29) is 6.61 Å². The molecule has 1 N–H and O–H groups in total. The zero-order valence-electron chi connectivity index (χ0n) is 17.2. The molecule has 1 saturated carbocycles. The van der Waals surface area contributed by atoms with E-state index in [1.54, 1.807) is 0 Å². The summed E-state index contributed by atoms with van der Waals surface area (Å²) in [5.74, 6) is -3.74. The molecule has 14 nitrogen and oxygen atoms in total. The normalized spacial score (nSPS) is 37.2. The summed E-state index contributed by atoms with van der Waals surface area (Å²) >= 11 is 0. The largest absolute Gasteiger partial charge is 0.509 e. The molecule has 4 fully saturated rings. The Hall–Kier alpha value is -3.42. The molecule has 0 aromatic rings. The van der Waals surface area contributed by atoms with Crippen molar-refractivity contribution in [3.63, 3.8) is 0 Å². The first-order valence-corrected chi connectivity index (χ1v) is 9.72. The van der Waals surface area contributed by atoms with Gasteiger partial charge < -0.3 is 28.4 Å². The van der Waals surface area contributed by atoms with Gasteiger partial charge in [0, 0.05) is 20.8 Å². The molecule has 4 rings (SSSR count). The molecular formula is C18H20N2O12. The molecule has 1 aliphatic carbocycles. The molecule has 0 bridgehead atoms. The van der Waals surface area contributed by atoms with Crippen LogP contribution in [0.25, 0.3) is 0 Å². The van der Waals surface area contributed by atoms with Gasteiger partial charge in [-0.15, -0.1) is 0 Å². The number of rotatable bonds is 5. The van der Waals surface area contributed by atoms with Crippen molar-refractivity contribution in [1.29, 1.82) is 0 Å². The highest BCUT2D eigenvalue weighted by Crippen LogP contribution is 2.46. The van der Waals surface area contributed by atoms with E-state index in [4.69, 9.17) is 28.4 Å². The Balaban J connectivity index is 1.67. The molecule has 174 valence electrons. The summed E-state index contributed by atoms with van der Waals surface area (Å²) < 4.78 is 31.5. The number of imide groups is 1. The number of urea groups is 1. The van der Waals surface area contributed by atoms with Crippen LogP contribution in [0.15, 0.2) is 0 Å². The van der Waals surface area contributed by atoms with Crippen molar-refractivity contribution in [2.24, 2.45) is 5.92 Å². The highest BCUT2D eigenvalue weighted by atomic mass is 16.8. The minimum absolute atomic E-state index is 0.367. The van der Waals surface area contributed by atoms with E-state index < -0.39 is 84.7 Å². The predicted molar refractivity (Wildman–Crippen MR) is 94.2 cm³/mol. The summed E-state index contributed by atoms with van der Waals surface area (Å²) in [6.45, 7) is 3.02. The second-order valence-corrected chi connectivity index (χ2v) is 7.65. The summed E-state index contributed by atoms with van der Waals surface area (Å²) in [5, 5.41) is 2.15. The summed E-state index contributed by atoms with van der Waals surface area (Å²) in [6, 6.07) is -1.87. The number of carbonyl (C=O) groups excluding carboxylic acids is 6. The van der Waals surface area contributed by atoms with Crippen molar-refractivity contribution in [2.75, 3.05) is 6.61 Å². The van der Waals surface area contributed by atoms with Gasteiger partial charge in [0.1, 0.15) is 18.6 Å². The average molecular weight is 456 g/mol. The second kappa shape index (κ2) is 7.93. The fourth-order valence-electron chi connectivity index (χ4n) is 4.41. The second-order valence-electron chi connectivity index (χ2n) is 7.65. The van der Waals surface area contributed by atoms with Gasteiger partial charge in [0.2, 0.25) is 5.91 Å². The Morgan fingerprint density at radius 3 is 2.19 bits per heavy atom. The number of fused-ring (bicyclic) bond motifs is 4. The van der Waals surface area contributed by atoms with E-state index in [9.17, 15) is 28.8 Å². The fourth-order valence-corrected chi connectivity index (χ4v) is 4.41. The number of hydrogen-bond acceptors (Lipinski definition) is 12. The van der Waals surface area contributed by atoms with Crippen molar-refractivity contribution in [3.8, 4) is 0 Å². The lowest BCUT2D eigenvalue weighted by atomic mass is 9.71. The van der Waals surface area contributed by atoms with Crippen molar-refractivity contribution >= 4 is 36.0 Å². The van der Waals surface area contributed by atoms with E-state index in [0.29, 0.717) is 0 Å². The lowest BCUT2D eigenvalue weighted by Gasteiger charge is -2.52. The van der Waals surface area contributed by atoms with Crippen molar-refractivity contribution in [2.45, 2.75) is 63.6 Å².